The van der Waals surface area contributed by atoms with Crippen molar-refractivity contribution < 1.29 is 9.21 Å². The molecule has 0 amide bonds. The smallest absolute Gasteiger partial charge is 0.336 e. The molecule has 3 nitrogen and oxygen atoms in total. The van der Waals surface area contributed by atoms with Crippen LogP contribution in [0.1, 0.15) is 17.3 Å². The molecule has 3 heteroatoms. The van der Waals surface area contributed by atoms with E-state index in [9.17, 15) is 9.59 Å². The van der Waals surface area contributed by atoms with Gasteiger partial charge in [-0.1, -0.05) is 30.3 Å². The van der Waals surface area contributed by atoms with Crippen molar-refractivity contribution in [2.24, 2.45) is 0 Å². The Balaban J connectivity index is 2.37. The van der Waals surface area contributed by atoms with Crippen LogP contribution in [0, 0.1) is 0 Å². The average molecular weight is 264 g/mol. The van der Waals surface area contributed by atoms with Crippen molar-refractivity contribution >= 4 is 16.8 Å². The van der Waals surface area contributed by atoms with Crippen LogP contribution in [0.3, 0.4) is 0 Å². The van der Waals surface area contributed by atoms with Crippen LogP contribution in [0.25, 0.3) is 22.1 Å². The quantitative estimate of drug-likeness (QED) is 0.524. The maximum absolute atomic E-state index is 11.7. The summed E-state index contributed by atoms with van der Waals surface area (Å²) in [5, 5.41) is 0.767. The number of hydrogen-bond donors (Lipinski definition) is 0. The van der Waals surface area contributed by atoms with Crippen molar-refractivity contribution in [3.05, 3.63) is 70.6 Å². The first kappa shape index (κ1) is 12.4. The summed E-state index contributed by atoms with van der Waals surface area (Å²) in [6.45, 7) is 1.52. The van der Waals surface area contributed by atoms with E-state index in [1.165, 1.54) is 13.0 Å². The number of hydrogen-bond acceptors (Lipinski definition) is 3. The van der Waals surface area contributed by atoms with E-state index in [0.29, 0.717) is 11.1 Å². The van der Waals surface area contributed by atoms with E-state index in [2.05, 4.69) is 0 Å². The standard InChI is InChI=1S/C17H12O3/c1-11(18)13-7-8-16-15(9-13)14(10-17(19)20-16)12-5-3-2-4-6-12/h2-10H,1H3. The first-order chi connectivity index (χ1) is 9.65. The van der Waals surface area contributed by atoms with E-state index in [4.69, 9.17) is 4.42 Å². The molecule has 0 saturated carbocycles. The molecule has 0 atom stereocenters. The van der Waals surface area contributed by atoms with Crippen molar-refractivity contribution in [3.63, 3.8) is 0 Å². The lowest BCUT2D eigenvalue weighted by molar-refractivity contribution is 0.101. The summed E-state index contributed by atoms with van der Waals surface area (Å²) in [5.41, 5.74) is 2.39. The fourth-order valence-electron chi connectivity index (χ4n) is 2.24. The topological polar surface area (TPSA) is 47.3 Å². The number of benzene rings is 2. The summed E-state index contributed by atoms with van der Waals surface area (Å²) < 4.78 is 5.19. The minimum Gasteiger partial charge on any atom is -0.423 e. The van der Waals surface area contributed by atoms with E-state index in [1.807, 2.05) is 30.3 Å². The second kappa shape index (κ2) is 4.78. The highest BCUT2D eigenvalue weighted by Gasteiger charge is 2.09. The van der Waals surface area contributed by atoms with Gasteiger partial charge in [0.2, 0.25) is 0 Å². The van der Waals surface area contributed by atoms with Gasteiger partial charge in [-0.3, -0.25) is 4.79 Å². The van der Waals surface area contributed by atoms with Crippen LogP contribution in [0.5, 0.6) is 0 Å². The van der Waals surface area contributed by atoms with Crippen LogP contribution in [0.15, 0.2) is 63.8 Å². The molecule has 0 aliphatic carbocycles. The van der Waals surface area contributed by atoms with E-state index in [0.717, 1.165) is 16.5 Å². The highest BCUT2D eigenvalue weighted by atomic mass is 16.4. The summed E-state index contributed by atoms with van der Waals surface area (Å²) in [7, 11) is 0. The summed E-state index contributed by atoms with van der Waals surface area (Å²) in [6.07, 6.45) is 0. The van der Waals surface area contributed by atoms with Gasteiger partial charge in [-0.15, -0.1) is 0 Å². The van der Waals surface area contributed by atoms with Crippen LogP contribution in [0.4, 0.5) is 0 Å². The lowest BCUT2D eigenvalue weighted by Gasteiger charge is -2.06. The van der Waals surface area contributed by atoms with Gasteiger partial charge in [0.25, 0.3) is 0 Å². The van der Waals surface area contributed by atoms with Crippen molar-refractivity contribution in [2.45, 2.75) is 6.92 Å². The Morgan fingerprint density at radius 3 is 2.45 bits per heavy atom. The van der Waals surface area contributed by atoms with Gasteiger partial charge in [0.1, 0.15) is 5.58 Å². The molecule has 0 aliphatic heterocycles. The highest BCUT2D eigenvalue weighted by molar-refractivity contribution is 6.01. The van der Waals surface area contributed by atoms with Crippen LogP contribution < -0.4 is 5.63 Å². The molecule has 0 spiro atoms. The van der Waals surface area contributed by atoms with Crippen molar-refractivity contribution in [1.29, 1.82) is 0 Å². The molecule has 0 radical (unpaired) electrons. The molecule has 3 aromatic rings. The molecular weight excluding hydrogens is 252 g/mol. The van der Waals surface area contributed by atoms with Gasteiger partial charge >= 0.3 is 5.63 Å². The Morgan fingerprint density at radius 2 is 1.75 bits per heavy atom. The first-order valence-electron chi connectivity index (χ1n) is 6.29. The fourth-order valence-corrected chi connectivity index (χ4v) is 2.24. The zero-order valence-corrected chi connectivity index (χ0v) is 10.9. The van der Waals surface area contributed by atoms with Crippen LogP contribution >= 0.6 is 0 Å². The lowest BCUT2D eigenvalue weighted by atomic mass is 10.00. The van der Waals surface area contributed by atoms with Crippen LogP contribution in [0.2, 0.25) is 0 Å². The third-order valence-corrected chi connectivity index (χ3v) is 3.23. The molecule has 0 N–H and O–H groups in total. The zero-order chi connectivity index (χ0) is 14.1. The molecular formula is C17H12O3. The monoisotopic (exact) mass is 264 g/mol. The zero-order valence-electron chi connectivity index (χ0n) is 10.9. The van der Waals surface area contributed by atoms with Gasteiger partial charge in [-0.25, -0.2) is 4.79 Å². The number of fused-ring (bicyclic) bond motifs is 1. The summed E-state index contributed by atoms with van der Waals surface area (Å²) in [6, 6.07) is 16.1. The van der Waals surface area contributed by atoms with Gasteiger partial charge in [0.15, 0.2) is 5.78 Å². The normalized spacial score (nSPS) is 10.7. The van der Waals surface area contributed by atoms with E-state index >= 15 is 0 Å². The molecule has 0 fully saturated rings. The minimum absolute atomic E-state index is 0.0166. The molecule has 2 aromatic carbocycles. The molecule has 0 unspecified atom stereocenters. The third kappa shape index (κ3) is 2.14. The van der Waals surface area contributed by atoms with Crippen molar-refractivity contribution in [1.82, 2.24) is 0 Å². The van der Waals surface area contributed by atoms with Gasteiger partial charge in [-0.2, -0.15) is 0 Å². The number of carbonyl (C=O) groups excluding carboxylic acids is 1. The van der Waals surface area contributed by atoms with E-state index < -0.39 is 5.63 Å². The van der Waals surface area contributed by atoms with Gasteiger partial charge in [-0.05, 0) is 36.2 Å². The van der Waals surface area contributed by atoms with Crippen molar-refractivity contribution in [2.75, 3.05) is 0 Å². The fraction of sp³-hybridized carbons (Fsp3) is 0.0588. The first-order valence-corrected chi connectivity index (χ1v) is 6.29. The Morgan fingerprint density at radius 1 is 1.00 bits per heavy atom. The Hall–Kier alpha value is -2.68. The second-order valence-electron chi connectivity index (χ2n) is 4.61. The predicted molar refractivity (Wildman–Crippen MR) is 77.9 cm³/mol. The molecule has 20 heavy (non-hydrogen) atoms. The molecule has 0 aliphatic rings. The number of carbonyl (C=O) groups is 1. The second-order valence-corrected chi connectivity index (χ2v) is 4.61. The minimum atomic E-state index is -0.396. The summed E-state index contributed by atoms with van der Waals surface area (Å²) in [4.78, 5) is 23.2. The maximum Gasteiger partial charge on any atom is 0.336 e. The molecule has 98 valence electrons. The van der Waals surface area contributed by atoms with Crippen LogP contribution in [-0.2, 0) is 0 Å². The Labute approximate surface area is 115 Å². The number of rotatable bonds is 2. The highest BCUT2D eigenvalue weighted by Crippen LogP contribution is 2.27. The third-order valence-electron chi connectivity index (χ3n) is 3.23. The summed E-state index contributed by atoms with van der Waals surface area (Å²) >= 11 is 0. The Bertz CT molecular complexity index is 845. The molecule has 1 heterocycles. The number of Topliss-reactive ketones (excluding diaryl/α,β-unsaturated/α-hetero) is 1. The van der Waals surface area contributed by atoms with Crippen molar-refractivity contribution in [3.8, 4) is 11.1 Å². The van der Waals surface area contributed by atoms with Gasteiger partial charge in [0.05, 0.1) is 0 Å². The molecule has 3 rings (SSSR count). The number of ketones is 1. The molecule has 0 bridgehead atoms. The molecule has 1 aromatic heterocycles. The molecule has 0 saturated heterocycles. The van der Waals surface area contributed by atoms with Gasteiger partial charge in [0, 0.05) is 17.0 Å². The predicted octanol–water partition coefficient (Wildman–Crippen LogP) is 3.66. The SMILES string of the molecule is CC(=O)c1ccc2oc(=O)cc(-c3ccccc3)c2c1. The summed E-state index contributed by atoms with van der Waals surface area (Å²) in [5.74, 6) is -0.0166. The maximum atomic E-state index is 11.7. The average Bonchev–Trinajstić information content (AvgIpc) is 2.46. The van der Waals surface area contributed by atoms with E-state index in [1.54, 1.807) is 18.2 Å². The van der Waals surface area contributed by atoms with Gasteiger partial charge < -0.3 is 4.42 Å². The lowest BCUT2D eigenvalue weighted by Crippen LogP contribution is -1.99. The van der Waals surface area contributed by atoms with Crippen LogP contribution in [-0.4, -0.2) is 5.78 Å². The van der Waals surface area contributed by atoms with E-state index in [-0.39, 0.29) is 5.78 Å². The largest absolute Gasteiger partial charge is 0.423 e. The Kier molecular flexibility index (Phi) is 2.95.